The fraction of sp³-hybridized carbons (Fsp3) is 0.600. The lowest BCUT2D eigenvalue weighted by Gasteiger charge is -2.25. The van der Waals surface area contributed by atoms with Crippen LogP contribution in [-0.4, -0.2) is 41.1 Å². The third-order valence-electron chi connectivity index (χ3n) is 2.48. The van der Waals surface area contributed by atoms with E-state index in [4.69, 9.17) is 5.11 Å². The van der Waals surface area contributed by atoms with Gasteiger partial charge in [-0.3, -0.25) is 4.79 Å². The molecule has 0 saturated heterocycles. The Morgan fingerprint density at radius 2 is 1.94 bits per heavy atom. The molecule has 1 heterocycles. The van der Waals surface area contributed by atoms with E-state index in [1.807, 2.05) is 0 Å². The number of hydrogen-bond acceptors (Lipinski definition) is 2. The van der Waals surface area contributed by atoms with Crippen molar-refractivity contribution in [2.24, 2.45) is 0 Å². The molecule has 7 heteroatoms. The maximum Gasteiger partial charge on any atom is 0.471 e. The topological polar surface area (TPSA) is 57.6 Å². The summed E-state index contributed by atoms with van der Waals surface area (Å²) in [7, 11) is 0. The van der Waals surface area contributed by atoms with Crippen molar-refractivity contribution in [3.05, 3.63) is 11.6 Å². The van der Waals surface area contributed by atoms with E-state index in [9.17, 15) is 22.8 Å². The second kappa shape index (κ2) is 5.20. The zero-order valence-electron chi connectivity index (χ0n) is 8.96. The molecule has 0 atom stereocenters. The Labute approximate surface area is 95.7 Å². The van der Waals surface area contributed by atoms with Crippen LogP contribution in [0.5, 0.6) is 0 Å². The van der Waals surface area contributed by atoms with Crippen LogP contribution < -0.4 is 0 Å². The minimum atomic E-state index is -4.90. The molecular weight excluding hydrogens is 239 g/mol. The molecule has 0 aliphatic carbocycles. The van der Waals surface area contributed by atoms with Crippen molar-refractivity contribution >= 4 is 11.9 Å². The number of hydrogen-bond donors (Lipinski definition) is 1. The van der Waals surface area contributed by atoms with Gasteiger partial charge in [0.25, 0.3) is 0 Å². The standard InChI is InChI=1S/C10H12F3NO3/c11-10(12,13)9(17)14-5-2-1-3-7(4-6-14)8(15)16/h3H,1-2,4-6H2,(H,15,16)/b7-3+. The highest BCUT2D eigenvalue weighted by Crippen LogP contribution is 2.21. The molecule has 17 heavy (non-hydrogen) atoms. The maximum atomic E-state index is 12.2. The van der Waals surface area contributed by atoms with Gasteiger partial charge in [0.1, 0.15) is 0 Å². The third-order valence-corrected chi connectivity index (χ3v) is 2.48. The predicted molar refractivity (Wildman–Crippen MR) is 52.2 cm³/mol. The number of nitrogens with zero attached hydrogens (tertiary/aromatic N) is 1. The Kier molecular flexibility index (Phi) is 4.14. The summed E-state index contributed by atoms with van der Waals surface area (Å²) in [5, 5.41) is 8.75. The minimum absolute atomic E-state index is 0.00173. The highest BCUT2D eigenvalue weighted by molar-refractivity contribution is 5.87. The summed E-state index contributed by atoms with van der Waals surface area (Å²) in [5.41, 5.74) is 0.0599. The number of carboxylic acids is 1. The average Bonchev–Trinajstić information content (AvgIpc) is 2.14. The van der Waals surface area contributed by atoms with Gasteiger partial charge in [0, 0.05) is 18.7 Å². The van der Waals surface area contributed by atoms with Crippen LogP contribution in [-0.2, 0) is 9.59 Å². The SMILES string of the molecule is O=C(O)/C1=C/CCCN(C(=O)C(F)(F)F)CC1. The lowest BCUT2D eigenvalue weighted by molar-refractivity contribution is -0.185. The fourth-order valence-corrected chi connectivity index (χ4v) is 1.60. The summed E-state index contributed by atoms with van der Waals surface area (Å²) in [6.45, 7) is -0.210. The molecule has 0 aromatic heterocycles. The van der Waals surface area contributed by atoms with Crippen LogP contribution >= 0.6 is 0 Å². The lowest BCUT2D eigenvalue weighted by Crippen LogP contribution is -2.42. The number of rotatable bonds is 1. The molecule has 1 rings (SSSR count). The smallest absolute Gasteiger partial charge is 0.471 e. The summed E-state index contributed by atoms with van der Waals surface area (Å²) < 4.78 is 36.6. The fourth-order valence-electron chi connectivity index (χ4n) is 1.60. The first kappa shape index (κ1) is 13.5. The Morgan fingerprint density at radius 3 is 2.47 bits per heavy atom. The van der Waals surface area contributed by atoms with Gasteiger partial charge in [-0.25, -0.2) is 4.79 Å². The molecule has 0 saturated carbocycles. The molecule has 0 unspecified atom stereocenters. The molecule has 1 aliphatic heterocycles. The van der Waals surface area contributed by atoms with Crippen molar-refractivity contribution in [1.29, 1.82) is 0 Å². The van der Waals surface area contributed by atoms with Gasteiger partial charge in [0.05, 0.1) is 0 Å². The zero-order valence-corrected chi connectivity index (χ0v) is 8.96. The molecule has 0 fully saturated rings. The van der Waals surface area contributed by atoms with Crippen molar-refractivity contribution in [1.82, 2.24) is 4.90 Å². The van der Waals surface area contributed by atoms with E-state index in [1.54, 1.807) is 0 Å². The van der Waals surface area contributed by atoms with E-state index in [1.165, 1.54) is 6.08 Å². The zero-order chi connectivity index (χ0) is 13.1. The van der Waals surface area contributed by atoms with Gasteiger partial charge in [-0.05, 0) is 19.3 Å². The van der Waals surface area contributed by atoms with Gasteiger partial charge in [0.15, 0.2) is 0 Å². The second-order valence-electron chi connectivity index (χ2n) is 3.72. The summed E-state index contributed by atoms with van der Waals surface area (Å²) in [6.07, 6.45) is -2.76. The number of allylic oxidation sites excluding steroid dienone is 1. The number of carboxylic acid groups (broad SMARTS) is 1. The van der Waals surface area contributed by atoms with Crippen LogP contribution in [0, 0.1) is 0 Å². The van der Waals surface area contributed by atoms with E-state index in [-0.39, 0.29) is 25.1 Å². The van der Waals surface area contributed by atoms with Crippen molar-refractivity contribution < 1.29 is 27.9 Å². The van der Waals surface area contributed by atoms with Crippen molar-refractivity contribution in [3.8, 4) is 0 Å². The first-order valence-electron chi connectivity index (χ1n) is 5.11. The molecule has 0 bridgehead atoms. The van der Waals surface area contributed by atoms with Gasteiger partial charge >= 0.3 is 18.1 Å². The Bertz CT molecular complexity index is 349. The highest BCUT2D eigenvalue weighted by Gasteiger charge is 2.42. The number of alkyl halides is 3. The molecule has 1 N–H and O–H groups in total. The first-order valence-corrected chi connectivity index (χ1v) is 5.11. The normalized spacial score (nSPS) is 21.1. The van der Waals surface area contributed by atoms with Crippen LogP contribution in [0.1, 0.15) is 19.3 Å². The lowest BCUT2D eigenvalue weighted by atomic mass is 10.1. The molecule has 1 amide bonds. The van der Waals surface area contributed by atoms with Crippen molar-refractivity contribution in [2.75, 3.05) is 13.1 Å². The molecule has 4 nitrogen and oxygen atoms in total. The Balaban J connectivity index is 2.71. The molecule has 0 aromatic carbocycles. The number of amides is 1. The van der Waals surface area contributed by atoms with Gasteiger partial charge in [-0.2, -0.15) is 13.2 Å². The van der Waals surface area contributed by atoms with E-state index in [0.717, 1.165) is 0 Å². The quantitative estimate of drug-likeness (QED) is 0.769. The minimum Gasteiger partial charge on any atom is -0.478 e. The second-order valence-corrected chi connectivity index (χ2v) is 3.72. The molecule has 0 spiro atoms. The van der Waals surface area contributed by atoms with E-state index in [0.29, 0.717) is 17.7 Å². The van der Waals surface area contributed by atoms with E-state index in [2.05, 4.69) is 0 Å². The van der Waals surface area contributed by atoms with Crippen LogP contribution in [0.3, 0.4) is 0 Å². The molecular formula is C10H12F3NO3. The van der Waals surface area contributed by atoms with Gasteiger partial charge in [0.2, 0.25) is 0 Å². The van der Waals surface area contributed by atoms with Crippen LogP contribution in [0.2, 0.25) is 0 Å². The number of halogens is 3. The monoisotopic (exact) mass is 251 g/mol. The first-order chi connectivity index (χ1) is 7.82. The van der Waals surface area contributed by atoms with Crippen LogP contribution in [0.4, 0.5) is 13.2 Å². The Hall–Kier alpha value is -1.53. The molecule has 0 radical (unpaired) electrons. The highest BCUT2D eigenvalue weighted by atomic mass is 19.4. The molecule has 1 aliphatic rings. The van der Waals surface area contributed by atoms with Crippen LogP contribution in [0.25, 0.3) is 0 Å². The Morgan fingerprint density at radius 1 is 1.29 bits per heavy atom. The molecule has 96 valence electrons. The van der Waals surface area contributed by atoms with E-state index >= 15 is 0 Å². The van der Waals surface area contributed by atoms with Gasteiger partial charge < -0.3 is 10.0 Å². The summed E-state index contributed by atoms with van der Waals surface area (Å²) >= 11 is 0. The van der Waals surface area contributed by atoms with Crippen molar-refractivity contribution in [2.45, 2.75) is 25.4 Å². The number of aliphatic carboxylic acids is 1. The summed E-state index contributed by atoms with van der Waals surface area (Å²) in [6, 6.07) is 0. The largest absolute Gasteiger partial charge is 0.478 e. The number of carbonyl (C=O) groups excluding carboxylic acids is 1. The predicted octanol–water partition coefficient (Wildman–Crippen LogP) is 1.57. The number of carbonyl (C=O) groups is 2. The average molecular weight is 251 g/mol. The van der Waals surface area contributed by atoms with Crippen LogP contribution in [0.15, 0.2) is 11.6 Å². The molecule has 0 aromatic rings. The third kappa shape index (κ3) is 3.76. The maximum absolute atomic E-state index is 12.2. The summed E-state index contributed by atoms with van der Waals surface area (Å²) in [4.78, 5) is 22.4. The van der Waals surface area contributed by atoms with E-state index < -0.39 is 18.1 Å². The van der Waals surface area contributed by atoms with Crippen molar-refractivity contribution in [3.63, 3.8) is 0 Å². The van der Waals surface area contributed by atoms with Gasteiger partial charge in [-0.1, -0.05) is 6.08 Å². The summed E-state index contributed by atoms with van der Waals surface area (Å²) in [5.74, 6) is -3.05. The van der Waals surface area contributed by atoms with Gasteiger partial charge in [-0.15, -0.1) is 0 Å².